The molecule has 3 rings (SSSR count). The van der Waals surface area contributed by atoms with E-state index < -0.39 is 5.91 Å². The third kappa shape index (κ3) is 5.14. The van der Waals surface area contributed by atoms with Crippen molar-refractivity contribution in [3.05, 3.63) is 34.6 Å². The highest BCUT2D eigenvalue weighted by Crippen LogP contribution is 2.31. The van der Waals surface area contributed by atoms with Gasteiger partial charge in [-0.05, 0) is 12.5 Å². The summed E-state index contributed by atoms with van der Waals surface area (Å²) >= 11 is 2.54. The van der Waals surface area contributed by atoms with E-state index in [0.717, 1.165) is 21.8 Å². The highest BCUT2D eigenvalue weighted by atomic mass is 32.2. The van der Waals surface area contributed by atoms with Gasteiger partial charge in [-0.25, -0.2) is 4.98 Å². The lowest BCUT2D eigenvalue weighted by Gasteiger charge is -2.11. The van der Waals surface area contributed by atoms with E-state index in [-0.39, 0.29) is 23.6 Å². The normalized spacial score (nSPS) is 11.2. The van der Waals surface area contributed by atoms with E-state index in [1.807, 2.05) is 24.3 Å². The summed E-state index contributed by atoms with van der Waals surface area (Å²) < 4.78 is 7.99. The fraction of sp³-hybridized carbons (Fsp3) is 0.368. The fourth-order valence-corrected chi connectivity index (χ4v) is 4.72. The summed E-state index contributed by atoms with van der Waals surface area (Å²) in [6.07, 6.45) is 0.751. The summed E-state index contributed by atoms with van der Waals surface area (Å²) in [7, 11) is 1.57. The van der Waals surface area contributed by atoms with E-state index in [9.17, 15) is 14.4 Å². The number of nitrogens with zero attached hydrogens (tertiary/aromatic N) is 2. The van der Waals surface area contributed by atoms with Gasteiger partial charge in [0, 0.05) is 36.7 Å². The number of rotatable bonds is 10. The monoisotopic (exact) mass is 434 g/mol. The molecule has 1 aromatic carbocycles. The van der Waals surface area contributed by atoms with Crippen LogP contribution in [0.15, 0.2) is 34.2 Å². The SMILES string of the molecule is COCCNC(=O)CCCn1c(SCC(N)=O)nc2c(sc3ccccc32)c1=O. The van der Waals surface area contributed by atoms with Crippen LogP contribution in [0.2, 0.25) is 0 Å². The zero-order valence-electron chi connectivity index (χ0n) is 16.0. The van der Waals surface area contributed by atoms with Crippen LogP contribution >= 0.6 is 23.1 Å². The second-order valence-electron chi connectivity index (χ2n) is 6.33. The number of nitrogens with one attached hydrogen (secondary N) is 1. The molecule has 0 unspecified atom stereocenters. The Morgan fingerprint density at radius 1 is 1.34 bits per heavy atom. The fourth-order valence-electron chi connectivity index (χ4n) is 2.87. The zero-order valence-corrected chi connectivity index (χ0v) is 17.6. The van der Waals surface area contributed by atoms with E-state index >= 15 is 0 Å². The first kappa shape index (κ1) is 21.3. The molecule has 3 N–H and O–H groups in total. The molecule has 29 heavy (non-hydrogen) atoms. The van der Waals surface area contributed by atoms with Crippen molar-refractivity contribution in [2.24, 2.45) is 5.73 Å². The van der Waals surface area contributed by atoms with Crippen molar-refractivity contribution in [1.82, 2.24) is 14.9 Å². The van der Waals surface area contributed by atoms with Crippen LogP contribution in [0.25, 0.3) is 20.3 Å². The van der Waals surface area contributed by atoms with Crippen LogP contribution in [0.5, 0.6) is 0 Å². The summed E-state index contributed by atoms with van der Waals surface area (Å²) in [5.74, 6) is -0.557. The Morgan fingerprint density at radius 2 is 2.14 bits per heavy atom. The second kappa shape index (κ2) is 9.86. The number of fused-ring (bicyclic) bond motifs is 3. The van der Waals surface area contributed by atoms with E-state index in [0.29, 0.717) is 41.5 Å². The summed E-state index contributed by atoms with van der Waals surface area (Å²) in [6, 6.07) is 7.70. The molecule has 0 aliphatic heterocycles. The second-order valence-corrected chi connectivity index (χ2v) is 8.32. The number of carbonyl (C=O) groups excluding carboxylic acids is 2. The highest BCUT2D eigenvalue weighted by molar-refractivity contribution is 7.99. The van der Waals surface area contributed by atoms with Crippen molar-refractivity contribution < 1.29 is 14.3 Å². The van der Waals surface area contributed by atoms with E-state index in [2.05, 4.69) is 10.3 Å². The Labute approximate surface area is 175 Å². The Hall–Kier alpha value is -2.43. The number of primary amides is 1. The van der Waals surface area contributed by atoms with Crippen LogP contribution in [-0.2, 0) is 20.9 Å². The molecule has 0 radical (unpaired) electrons. The number of hydrogen-bond donors (Lipinski definition) is 2. The maximum atomic E-state index is 13.1. The molecular formula is C19H22N4O4S2. The summed E-state index contributed by atoms with van der Waals surface area (Å²) in [5, 5.41) is 4.10. The van der Waals surface area contributed by atoms with E-state index in [1.165, 1.54) is 15.9 Å². The summed E-state index contributed by atoms with van der Waals surface area (Å²) in [6.45, 7) is 1.23. The standard InChI is InChI=1S/C19H22N4O4S2/c1-27-10-8-21-15(25)7-4-9-23-18(26)17-16(22-19(23)28-11-14(20)24)12-5-2-3-6-13(12)29-17/h2-3,5-6H,4,7-11H2,1H3,(H2,20,24)(H,21,25). The highest BCUT2D eigenvalue weighted by Gasteiger charge is 2.17. The Bertz CT molecular complexity index is 1090. The molecule has 0 fully saturated rings. The van der Waals surface area contributed by atoms with Crippen LogP contribution in [0.4, 0.5) is 0 Å². The predicted molar refractivity (Wildman–Crippen MR) is 115 cm³/mol. The van der Waals surface area contributed by atoms with Crippen molar-refractivity contribution in [2.45, 2.75) is 24.5 Å². The first-order valence-corrected chi connectivity index (χ1v) is 10.9. The van der Waals surface area contributed by atoms with Gasteiger partial charge in [0.25, 0.3) is 5.56 Å². The first-order chi connectivity index (χ1) is 14.0. The number of ether oxygens (including phenoxy) is 1. The molecule has 2 amide bonds. The molecule has 0 saturated heterocycles. The number of nitrogens with two attached hydrogens (primary N) is 1. The number of hydrogen-bond acceptors (Lipinski definition) is 7. The number of aromatic nitrogens is 2. The van der Waals surface area contributed by atoms with Crippen LogP contribution < -0.4 is 16.6 Å². The van der Waals surface area contributed by atoms with Gasteiger partial charge in [-0.3, -0.25) is 19.0 Å². The molecule has 154 valence electrons. The number of thioether (sulfide) groups is 1. The van der Waals surface area contributed by atoms with Gasteiger partial charge in [0.2, 0.25) is 11.8 Å². The molecule has 10 heteroatoms. The van der Waals surface area contributed by atoms with Gasteiger partial charge in [-0.15, -0.1) is 11.3 Å². The first-order valence-electron chi connectivity index (χ1n) is 9.10. The average Bonchev–Trinajstić information content (AvgIpc) is 3.07. The number of methoxy groups -OCH3 is 1. The Balaban J connectivity index is 1.87. The third-order valence-corrected chi connectivity index (χ3v) is 6.35. The third-order valence-electron chi connectivity index (χ3n) is 4.20. The topological polar surface area (TPSA) is 116 Å². The predicted octanol–water partition coefficient (Wildman–Crippen LogP) is 1.73. The lowest BCUT2D eigenvalue weighted by Crippen LogP contribution is -2.28. The molecule has 8 nitrogen and oxygen atoms in total. The smallest absolute Gasteiger partial charge is 0.272 e. The van der Waals surface area contributed by atoms with Crippen molar-refractivity contribution >= 4 is 55.2 Å². The lowest BCUT2D eigenvalue weighted by atomic mass is 10.2. The molecule has 0 bridgehead atoms. The van der Waals surface area contributed by atoms with Gasteiger partial charge in [-0.2, -0.15) is 0 Å². The van der Waals surface area contributed by atoms with Crippen molar-refractivity contribution in [1.29, 1.82) is 0 Å². The van der Waals surface area contributed by atoms with Crippen molar-refractivity contribution in [3.63, 3.8) is 0 Å². The molecule has 2 aromatic heterocycles. The molecule has 0 atom stereocenters. The van der Waals surface area contributed by atoms with Gasteiger partial charge < -0.3 is 15.8 Å². The van der Waals surface area contributed by atoms with Crippen LogP contribution in [0.1, 0.15) is 12.8 Å². The molecular weight excluding hydrogens is 412 g/mol. The number of amides is 2. The van der Waals surface area contributed by atoms with Crippen LogP contribution in [-0.4, -0.2) is 47.4 Å². The Morgan fingerprint density at radius 3 is 2.90 bits per heavy atom. The van der Waals surface area contributed by atoms with Gasteiger partial charge in [-0.1, -0.05) is 30.0 Å². The number of carbonyl (C=O) groups is 2. The van der Waals surface area contributed by atoms with Gasteiger partial charge >= 0.3 is 0 Å². The molecule has 0 aliphatic carbocycles. The van der Waals surface area contributed by atoms with Crippen molar-refractivity contribution in [3.8, 4) is 0 Å². The Kier molecular flexibility index (Phi) is 7.24. The maximum absolute atomic E-state index is 13.1. The van der Waals surface area contributed by atoms with Crippen LogP contribution in [0.3, 0.4) is 0 Å². The molecule has 0 aliphatic rings. The molecule has 0 saturated carbocycles. The van der Waals surface area contributed by atoms with Crippen molar-refractivity contribution in [2.75, 3.05) is 26.0 Å². The molecule has 3 aromatic rings. The largest absolute Gasteiger partial charge is 0.383 e. The van der Waals surface area contributed by atoms with E-state index in [1.54, 1.807) is 7.11 Å². The molecule has 2 heterocycles. The quantitative estimate of drug-likeness (QED) is 0.285. The zero-order chi connectivity index (χ0) is 20.8. The minimum atomic E-state index is -0.483. The summed E-state index contributed by atoms with van der Waals surface area (Å²) in [5.41, 5.74) is 5.74. The van der Waals surface area contributed by atoms with Gasteiger partial charge in [0.05, 0.1) is 17.9 Å². The lowest BCUT2D eigenvalue weighted by molar-refractivity contribution is -0.121. The van der Waals surface area contributed by atoms with E-state index in [4.69, 9.17) is 10.5 Å². The number of thiophene rings is 1. The summed E-state index contributed by atoms with van der Waals surface area (Å²) in [4.78, 5) is 40.9. The minimum Gasteiger partial charge on any atom is -0.383 e. The van der Waals surface area contributed by atoms with Gasteiger partial charge in [0.15, 0.2) is 5.16 Å². The van der Waals surface area contributed by atoms with Gasteiger partial charge in [0.1, 0.15) is 4.70 Å². The average molecular weight is 435 g/mol. The van der Waals surface area contributed by atoms with Crippen LogP contribution in [0, 0.1) is 0 Å². The maximum Gasteiger partial charge on any atom is 0.272 e. The number of benzene rings is 1. The molecule has 0 spiro atoms. The minimum absolute atomic E-state index is 0.0253.